The number of aromatic nitrogens is 2. The lowest BCUT2D eigenvalue weighted by Gasteiger charge is -2.23. The fourth-order valence-corrected chi connectivity index (χ4v) is 5.52. The normalized spacial score (nSPS) is 14.1. The van der Waals surface area contributed by atoms with Crippen molar-refractivity contribution in [2.75, 3.05) is 20.3 Å². The van der Waals surface area contributed by atoms with Gasteiger partial charge in [-0.1, -0.05) is 18.2 Å². The van der Waals surface area contributed by atoms with Crippen LogP contribution in [0.15, 0.2) is 59.9 Å². The predicted molar refractivity (Wildman–Crippen MR) is 126 cm³/mol. The number of methoxy groups -OCH3 is 1. The van der Waals surface area contributed by atoms with Gasteiger partial charge < -0.3 is 14.2 Å². The lowest BCUT2D eigenvalue weighted by Crippen LogP contribution is -2.34. The summed E-state index contributed by atoms with van der Waals surface area (Å²) < 4.78 is 85.8. The van der Waals surface area contributed by atoms with E-state index in [4.69, 9.17) is 4.74 Å². The number of carbonyl (C=O) groups excluding carboxylic acids is 1. The van der Waals surface area contributed by atoms with Gasteiger partial charge in [0.25, 0.3) is 5.91 Å². The molecular weight excluding hydrogens is 514 g/mol. The molecule has 0 radical (unpaired) electrons. The molecule has 1 heterocycles. The molecule has 0 bridgehead atoms. The third-order valence-electron chi connectivity index (χ3n) is 5.94. The first-order chi connectivity index (χ1) is 17.5. The molecule has 0 unspecified atom stereocenters. The number of rotatable bonds is 10. The fourth-order valence-electron chi connectivity index (χ4n) is 3.99. The smallest absolute Gasteiger partial charge is 0.383 e. The summed E-state index contributed by atoms with van der Waals surface area (Å²) in [6.45, 7) is 0.419. The quantitative estimate of drug-likeness (QED) is 0.351. The zero-order valence-corrected chi connectivity index (χ0v) is 20.7. The molecule has 1 aliphatic carbocycles. The first-order valence-corrected chi connectivity index (χ1v) is 13.1. The number of imidazole rings is 1. The maximum atomic E-state index is 13.3. The Morgan fingerprint density at radius 3 is 2.49 bits per heavy atom. The highest BCUT2D eigenvalue weighted by molar-refractivity contribution is 7.90. The van der Waals surface area contributed by atoms with Crippen molar-refractivity contribution in [3.05, 3.63) is 82.9 Å². The molecule has 3 aromatic rings. The molecule has 1 fully saturated rings. The van der Waals surface area contributed by atoms with E-state index in [1.165, 1.54) is 54.6 Å². The van der Waals surface area contributed by atoms with Crippen molar-refractivity contribution in [3.8, 4) is 0 Å². The molecule has 1 aliphatic rings. The number of nitrogens with zero attached hydrogens (tertiary/aromatic N) is 3. The van der Waals surface area contributed by atoms with E-state index in [1.807, 2.05) is 0 Å². The second-order valence-electron chi connectivity index (χ2n) is 8.82. The number of alkyl halides is 3. The van der Waals surface area contributed by atoms with Crippen LogP contribution in [-0.4, -0.2) is 49.0 Å². The fraction of sp³-hybridized carbons (Fsp3) is 0.360. The summed E-state index contributed by atoms with van der Waals surface area (Å²) in [5, 5.41) is -0.247. The van der Waals surface area contributed by atoms with Gasteiger partial charge in [-0.05, 0) is 48.7 Å². The number of sulfone groups is 1. The maximum Gasteiger partial charge on any atom is 0.416 e. The van der Waals surface area contributed by atoms with Gasteiger partial charge in [-0.25, -0.2) is 17.8 Å². The Bertz CT molecular complexity index is 1370. The molecule has 1 saturated carbocycles. The Hall–Kier alpha value is -3.25. The summed E-state index contributed by atoms with van der Waals surface area (Å²) in [6.07, 6.45) is -1.81. The SMILES string of the molecule is COCCN(Cc1cnc(S(=O)(=O)Cc2cccc(C(F)(F)F)c2)n1C1CC1)C(=O)c1ccc(F)cc1. The average molecular weight is 540 g/mol. The van der Waals surface area contributed by atoms with E-state index in [0.717, 1.165) is 12.1 Å². The minimum Gasteiger partial charge on any atom is -0.383 e. The van der Waals surface area contributed by atoms with Crippen LogP contribution in [0.4, 0.5) is 17.6 Å². The van der Waals surface area contributed by atoms with Crippen LogP contribution >= 0.6 is 0 Å². The van der Waals surface area contributed by atoms with E-state index in [9.17, 15) is 30.8 Å². The van der Waals surface area contributed by atoms with Gasteiger partial charge in [0.1, 0.15) is 5.82 Å². The van der Waals surface area contributed by atoms with E-state index < -0.39 is 39.1 Å². The number of ether oxygens (including phenoxy) is 1. The molecule has 2 aromatic carbocycles. The summed E-state index contributed by atoms with van der Waals surface area (Å²) >= 11 is 0. The van der Waals surface area contributed by atoms with Gasteiger partial charge >= 0.3 is 6.18 Å². The molecule has 0 saturated heterocycles. The first kappa shape index (κ1) is 26.8. The Morgan fingerprint density at radius 1 is 1.16 bits per heavy atom. The second-order valence-corrected chi connectivity index (χ2v) is 10.7. The van der Waals surface area contributed by atoms with Gasteiger partial charge in [-0.3, -0.25) is 4.79 Å². The van der Waals surface area contributed by atoms with Crippen LogP contribution in [-0.2, 0) is 33.0 Å². The van der Waals surface area contributed by atoms with E-state index in [0.29, 0.717) is 18.5 Å². The van der Waals surface area contributed by atoms with Gasteiger partial charge in [0.05, 0.1) is 36.4 Å². The van der Waals surface area contributed by atoms with Gasteiger partial charge in [0.15, 0.2) is 0 Å². The molecule has 12 heteroatoms. The number of hydrogen-bond donors (Lipinski definition) is 0. The van der Waals surface area contributed by atoms with Crippen molar-refractivity contribution in [3.63, 3.8) is 0 Å². The van der Waals surface area contributed by atoms with Crippen LogP contribution in [0.25, 0.3) is 0 Å². The molecule has 1 aromatic heterocycles. The number of hydrogen-bond acceptors (Lipinski definition) is 5. The summed E-state index contributed by atoms with van der Waals surface area (Å²) in [6, 6.07) is 9.12. The molecule has 7 nitrogen and oxygen atoms in total. The third kappa shape index (κ3) is 6.37. The molecule has 4 rings (SSSR count). The highest BCUT2D eigenvalue weighted by Gasteiger charge is 2.35. The van der Waals surface area contributed by atoms with Crippen molar-refractivity contribution in [1.29, 1.82) is 0 Å². The standard InChI is InChI=1S/C25H25F4N3O4S/c1-36-12-11-31(23(33)18-5-7-20(26)8-6-18)15-22-14-30-24(32(22)21-9-10-21)37(34,35)16-17-3-2-4-19(13-17)25(27,28)29/h2-8,13-14,21H,9-12,15-16H2,1H3. The molecule has 0 N–H and O–H groups in total. The minimum atomic E-state index is -4.60. The molecule has 37 heavy (non-hydrogen) atoms. The number of halogens is 4. The van der Waals surface area contributed by atoms with Crippen LogP contribution < -0.4 is 0 Å². The van der Waals surface area contributed by atoms with Crippen LogP contribution in [0, 0.1) is 5.82 Å². The largest absolute Gasteiger partial charge is 0.416 e. The Morgan fingerprint density at radius 2 is 1.86 bits per heavy atom. The van der Waals surface area contributed by atoms with E-state index in [-0.39, 0.29) is 42.0 Å². The van der Waals surface area contributed by atoms with Crippen LogP contribution in [0.1, 0.15) is 46.1 Å². The predicted octanol–water partition coefficient (Wildman–Crippen LogP) is 4.64. The molecule has 198 valence electrons. The Kier molecular flexibility index (Phi) is 7.69. The number of carbonyl (C=O) groups is 1. The van der Waals surface area contributed by atoms with Crippen molar-refractivity contribution in [2.24, 2.45) is 0 Å². The number of amides is 1. The van der Waals surface area contributed by atoms with Gasteiger partial charge in [0.2, 0.25) is 15.0 Å². The van der Waals surface area contributed by atoms with Gasteiger partial charge in [-0.2, -0.15) is 13.2 Å². The molecule has 0 spiro atoms. The summed E-state index contributed by atoms with van der Waals surface area (Å²) in [4.78, 5) is 18.7. The van der Waals surface area contributed by atoms with Crippen LogP contribution in [0.3, 0.4) is 0 Å². The number of benzene rings is 2. The van der Waals surface area contributed by atoms with Crippen molar-refractivity contribution in [1.82, 2.24) is 14.5 Å². The zero-order chi connectivity index (χ0) is 26.8. The first-order valence-electron chi connectivity index (χ1n) is 11.5. The summed E-state index contributed by atoms with van der Waals surface area (Å²) in [5.41, 5.74) is -0.210. The second kappa shape index (κ2) is 10.6. The zero-order valence-electron chi connectivity index (χ0n) is 19.9. The minimum absolute atomic E-state index is 0.00469. The highest BCUT2D eigenvalue weighted by Crippen LogP contribution is 2.39. The highest BCUT2D eigenvalue weighted by atomic mass is 32.2. The Balaban J connectivity index is 1.63. The van der Waals surface area contributed by atoms with Crippen LogP contribution in [0.5, 0.6) is 0 Å². The lowest BCUT2D eigenvalue weighted by molar-refractivity contribution is -0.137. The van der Waals surface area contributed by atoms with Crippen molar-refractivity contribution in [2.45, 2.75) is 42.5 Å². The topological polar surface area (TPSA) is 81.5 Å². The molecule has 0 aliphatic heterocycles. The lowest BCUT2D eigenvalue weighted by atomic mass is 10.1. The third-order valence-corrected chi connectivity index (χ3v) is 7.51. The Labute approximate surface area is 211 Å². The average Bonchev–Trinajstić information content (AvgIpc) is 3.59. The van der Waals surface area contributed by atoms with E-state index in [2.05, 4.69) is 4.98 Å². The molecular formula is C25H25F4N3O4S. The van der Waals surface area contributed by atoms with Gasteiger partial charge in [0, 0.05) is 25.3 Å². The summed E-state index contributed by atoms with van der Waals surface area (Å²) in [7, 11) is -2.63. The van der Waals surface area contributed by atoms with Crippen LogP contribution in [0.2, 0.25) is 0 Å². The molecule has 0 atom stereocenters. The summed E-state index contributed by atoms with van der Waals surface area (Å²) in [5.74, 6) is -1.53. The van der Waals surface area contributed by atoms with E-state index >= 15 is 0 Å². The van der Waals surface area contributed by atoms with Crippen molar-refractivity contribution >= 4 is 15.7 Å². The molecule has 1 amide bonds. The monoisotopic (exact) mass is 539 g/mol. The maximum absolute atomic E-state index is 13.3. The van der Waals surface area contributed by atoms with Gasteiger partial charge in [-0.15, -0.1) is 0 Å². The van der Waals surface area contributed by atoms with Crippen molar-refractivity contribution < 1.29 is 35.5 Å². The van der Waals surface area contributed by atoms with E-state index in [1.54, 1.807) is 4.57 Å².